The minimum absolute atomic E-state index is 0.0480. The largest absolute Gasteiger partial charge is 0.495 e. The Morgan fingerprint density at radius 2 is 1.56 bits per heavy atom. The van der Waals surface area contributed by atoms with Gasteiger partial charge in [-0.1, -0.05) is 79.4 Å². The Bertz CT molecular complexity index is 1420. The second-order valence-electron chi connectivity index (χ2n) is 10.5. The lowest BCUT2D eigenvalue weighted by molar-refractivity contribution is -0.139. The van der Waals surface area contributed by atoms with Crippen LogP contribution in [0, 0.1) is 6.92 Å². The predicted octanol–water partition coefficient (Wildman–Crippen LogP) is 5.07. The second-order valence-corrected chi connectivity index (χ2v) is 12.4. The van der Waals surface area contributed by atoms with Gasteiger partial charge in [-0.15, -0.1) is 0 Å². The number of carbonyl (C=O) groups is 2. The van der Waals surface area contributed by atoms with Gasteiger partial charge in [0.15, 0.2) is 0 Å². The maximum Gasteiger partial charge on any atom is 0.264 e. The molecule has 0 aromatic heterocycles. The molecule has 4 rings (SSSR count). The van der Waals surface area contributed by atoms with Crippen molar-refractivity contribution in [3.8, 4) is 5.75 Å². The molecule has 3 aromatic rings. The molecule has 218 valence electrons. The fourth-order valence-electron chi connectivity index (χ4n) is 5.11. The summed E-state index contributed by atoms with van der Waals surface area (Å²) in [6.45, 7) is 3.32. The third-order valence-electron chi connectivity index (χ3n) is 7.56. The highest BCUT2D eigenvalue weighted by Gasteiger charge is 2.34. The molecule has 1 fully saturated rings. The van der Waals surface area contributed by atoms with E-state index in [9.17, 15) is 18.0 Å². The Morgan fingerprint density at radius 1 is 0.927 bits per heavy atom. The molecule has 1 atom stereocenters. The van der Waals surface area contributed by atoms with Crippen LogP contribution in [-0.4, -0.2) is 50.9 Å². The number of methoxy groups -OCH3 is 1. The van der Waals surface area contributed by atoms with E-state index in [0.29, 0.717) is 5.75 Å². The Kier molecular flexibility index (Phi) is 10.0. The predicted molar refractivity (Wildman–Crippen MR) is 160 cm³/mol. The smallest absolute Gasteiger partial charge is 0.264 e. The van der Waals surface area contributed by atoms with Crippen LogP contribution in [0.2, 0.25) is 0 Å². The molecule has 1 aliphatic rings. The number of ether oxygens (including phenoxy) is 1. The average Bonchev–Trinajstić information content (AvgIpc) is 3.00. The lowest BCUT2D eigenvalue weighted by atomic mass is 9.95. The number of hydrogen-bond donors (Lipinski definition) is 1. The number of carbonyl (C=O) groups excluding carboxylic acids is 2. The SMILES string of the molecule is COc1ccccc1N(CC(=O)N(Cc1ccc(C)cc1)C(C)C(=O)NC1CCCCC1)S(=O)(=O)c1ccccc1. The minimum Gasteiger partial charge on any atom is -0.495 e. The average molecular weight is 578 g/mol. The highest BCUT2D eigenvalue weighted by atomic mass is 32.2. The number of sulfonamides is 1. The first-order chi connectivity index (χ1) is 19.7. The molecule has 0 bridgehead atoms. The first-order valence-electron chi connectivity index (χ1n) is 14.1. The summed E-state index contributed by atoms with van der Waals surface area (Å²) in [6.07, 6.45) is 5.13. The van der Waals surface area contributed by atoms with E-state index in [1.165, 1.54) is 24.1 Å². The van der Waals surface area contributed by atoms with Gasteiger partial charge in [-0.2, -0.15) is 0 Å². The summed E-state index contributed by atoms with van der Waals surface area (Å²) in [6, 6.07) is 21.7. The Labute approximate surface area is 243 Å². The molecule has 8 nitrogen and oxygen atoms in total. The van der Waals surface area contributed by atoms with Crippen molar-refractivity contribution in [2.45, 2.75) is 69.5 Å². The van der Waals surface area contributed by atoms with Crippen LogP contribution in [-0.2, 0) is 26.2 Å². The zero-order valence-electron chi connectivity index (χ0n) is 24.0. The van der Waals surface area contributed by atoms with Gasteiger partial charge in [-0.3, -0.25) is 13.9 Å². The van der Waals surface area contributed by atoms with Crippen LogP contribution in [0.5, 0.6) is 5.75 Å². The van der Waals surface area contributed by atoms with Crippen LogP contribution >= 0.6 is 0 Å². The topological polar surface area (TPSA) is 96.0 Å². The van der Waals surface area contributed by atoms with Crippen LogP contribution in [0.25, 0.3) is 0 Å². The lowest BCUT2D eigenvalue weighted by Gasteiger charge is -2.33. The summed E-state index contributed by atoms with van der Waals surface area (Å²) < 4.78 is 34.4. The van der Waals surface area contributed by atoms with E-state index < -0.39 is 28.5 Å². The number of nitrogens with one attached hydrogen (secondary N) is 1. The van der Waals surface area contributed by atoms with Gasteiger partial charge in [0, 0.05) is 12.6 Å². The van der Waals surface area contributed by atoms with E-state index >= 15 is 0 Å². The Balaban J connectivity index is 1.69. The fraction of sp³-hybridized carbons (Fsp3) is 0.375. The molecule has 0 saturated heterocycles. The number of amides is 2. The fourth-order valence-corrected chi connectivity index (χ4v) is 6.56. The standard InChI is InChI=1S/C32H39N3O5S/c1-24-18-20-26(21-19-24)22-34(25(2)32(37)33-27-12-6-4-7-13-27)31(36)23-35(29-16-10-11-17-30(29)40-3)41(38,39)28-14-8-5-9-15-28/h5,8-11,14-21,25,27H,4,6-7,12-13,22-23H2,1-3H3,(H,33,37). The van der Waals surface area contributed by atoms with Gasteiger partial charge >= 0.3 is 0 Å². The minimum atomic E-state index is -4.16. The van der Waals surface area contributed by atoms with Gasteiger partial charge in [-0.25, -0.2) is 8.42 Å². The van der Waals surface area contributed by atoms with Crippen molar-refractivity contribution in [1.82, 2.24) is 10.2 Å². The van der Waals surface area contributed by atoms with Crippen molar-refractivity contribution in [3.63, 3.8) is 0 Å². The van der Waals surface area contributed by atoms with Gasteiger partial charge in [0.1, 0.15) is 18.3 Å². The molecule has 41 heavy (non-hydrogen) atoms. The van der Waals surface area contributed by atoms with Crippen molar-refractivity contribution in [1.29, 1.82) is 0 Å². The maximum atomic E-state index is 14.1. The van der Waals surface area contributed by atoms with Crippen molar-refractivity contribution in [3.05, 3.63) is 90.0 Å². The third kappa shape index (κ3) is 7.47. The van der Waals surface area contributed by atoms with Crippen LogP contribution in [0.1, 0.15) is 50.2 Å². The van der Waals surface area contributed by atoms with Crippen LogP contribution in [0.3, 0.4) is 0 Å². The van der Waals surface area contributed by atoms with Gasteiger partial charge in [0.25, 0.3) is 10.0 Å². The highest BCUT2D eigenvalue weighted by molar-refractivity contribution is 7.92. The number of rotatable bonds is 11. The van der Waals surface area contributed by atoms with Gasteiger partial charge in [-0.05, 0) is 56.5 Å². The third-order valence-corrected chi connectivity index (χ3v) is 9.33. The molecule has 9 heteroatoms. The summed E-state index contributed by atoms with van der Waals surface area (Å²) in [5, 5.41) is 3.12. The summed E-state index contributed by atoms with van der Waals surface area (Å²) in [5.74, 6) is -0.428. The molecule has 2 amide bonds. The molecular formula is C32H39N3O5S. The van der Waals surface area contributed by atoms with Gasteiger partial charge in [0.2, 0.25) is 11.8 Å². The van der Waals surface area contributed by atoms with E-state index in [4.69, 9.17) is 4.74 Å². The quantitative estimate of drug-likeness (QED) is 0.344. The normalized spacial score (nSPS) is 14.6. The first kappa shape index (κ1) is 30.1. The molecule has 1 aliphatic carbocycles. The molecule has 0 radical (unpaired) electrons. The van der Waals surface area contributed by atoms with Crippen LogP contribution in [0.4, 0.5) is 5.69 Å². The highest BCUT2D eigenvalue weighted by Crippen LogP contribution is 2.32. The second kappa shape index (κ2) is 13.7. The number of aryl methyl sites for hydroxylation is 1. The molecule has 1 N–H and O–H groups in total. The number of anilines is 1. The van der Waals surface area contributed by atoms with Gasteiger partial charge < -0.3 is 15.0 Å². The zero-order chi connectivity index (χ0) is 29.4. The molecular weight excluding hydrogens is 538 g/mol. The monoisotopic (exact) mass is 577 g/mol. The van der Waals surface area contributed by atoms with E-state index in [1.807, 2.05) is 31.2 Å². The Morgan fingerprint density at radius 3 is 2.22 bits per heavy atom. The maximum absolute atomic E-state index is 14.1. The van der Waals surface area contributed by atoms with Crippen LogP contribution in [0.15, 0.2) is 83.8 Å². The van der Waals surface area contributed by atoms with Crippen LogP contribution < -0.4 is 14.4 Å². The van der Waals surface area contributed by atoms with E-state index in [0.717, 1.165) is 47.5 Å². The lowest BCUT2D eigenvalue weighted by Crippen LogP contribution is -2.53. The number of para-hydroxylation sites is 2. The number of hydrogen-bond acceptors (Lipinski definition) is 5. The van der Waals surface area contributed by atoms with E-state index in [1.54, 1.807) is 49.4 Å². The van der Waals surface area contributed by atoms with Crippen molar-refractivity contribution < 1.29 is 22.7 Å². The van der Waals surface area contributed by atoms with E-state index in [2.05, 4.69) is 5.32 Å². The zero-order valence-corrected chi connectivity index (χ0v) is 24.8. The summed E-state index contributed by atoms with van der Waals surface area (Å²) in [4.78, 5) is 29.0. The Hall–Kier alpha value is -3.85. The van der Waals surface area contributed by atoms with Crippen molar-refractivity contribution in [2.75, 3.05) is 18.0 Å². The molecule has 1 saturated carbocycles. The molecule has 0 heterocycles. The van der Waals surface area contributed by atoms with E-state index in [-0.39, 0.29) is 29.1 Å². The first-order valence-corrected chi connectivity index (χ1v) is 15.5. The van der Waals surface area contributed by atoms with Gasteiger partial charge in [0.05, 0.1) is 17.7 Å². The summed E-state index contributed by atoms with van der Waals surface area (Å²) in [7, 11) is -2.70. The molecule has 3 aromatic carbocycles. The number of benzene rings is 3. The molecule has 0 aliphatic heterocycles. The summed E-state index contributed by atoms with van der Waals surface area (Å²) >= 11 is 0. The summed E-state index contributed by atoms with van der Waals surface area (Å²) in [5.41, 5.74) is 2.16. The molecule has 0 spiro atoms. The number of nitrogens with zero attached hydrogens (tertiary/aromatic N) is 2. The molecule has 1 unspecified atom stereocenters. The van der Waals surface area contributed by atoms with Crippen molar-refractivity contribution in [2.24, 2.45) is 0 Å². The van der Waals surface area contributed by atoms with Crippen molar-refractivity contribution >= 4 is 27.5 Å².